The SMILES string of the molecule is CCO/N=C/c1c(Cl)cccc1Cl. The van der Waals surface area contributed by atoms with Gasteiger partial charge in [-0.1, -0.05) is 34.4 Å². The van der Waals surface area contributed by atoms with Gasteiger partial charge in [0.15, 0.2) is 0 Å². The number of hydrogen-bond acceptors (Lipinski definition) is 2. The van der Waals surface area contributed by atoms with Crippen molar-refractivity contribution in [1.82, 2.24) is 0 Å². The van der Waals surface area contributed by atoms with E-state index >= 15 is 0 Å². The van der Waals surface area contributed by atoms with Crippen molar-refractivity contribution in [3.8, 4) is 0 Å². The van der Waals surface area contributed by atoms with Gasteiger partial charge < -0.3 is 4.84 Å². The fourth-order valence-corrected chi connectivity index (χ4v) is 1.29. The van der Waals surface area contributed by atoms with Crippen LogP contribution < -0.4 is 0 Å². The van der Waals surface area contributed by atoms with Crippen LogP contribution in [0.15, 0.2) is 23.4 Å². The number of halogens is 2. The average molecular weight is 218 g/mol. The zero-order valence-corrected chi connectivity index (χ0v) is 8.64. The molecule has 0 saturated carbocycles. The van der Waals surface area contributed by atoms with Crippen LogP contribution in [0.2, 0.25) is 10.0 Å². The van der Waals surface area contributed by atoms with Gasteiger partial charge in [-0.05, 0) is 19.1 Å². The predicted octanol–water partition coefficient (Wildman–Crippen LogP) is 3.36. The molecule has 13 heavy (non-hydrogen) atoms. The third kappa shape index (κ3) is 2.90. The number of hydrogen-bond donors (Lipinski definition) is 0. The van der Waals surface area contributed by atoms with Gasteiger partial charge >= 0.3 is 0 Å². The van der Waals surface area contributed by atoms with E-state index in [1.54, 1.807) is 18.2 Å². The van der Waals surface area contributed by atoms with E-state index in [0.29, 0.717) is 22.2 Å². The Balaban J connectivity index is 2.87. The molecular formula is C9H9Cl2NO. The van der Waals surface area contributed by atoms with Gasteiger partial charge in [-0.2, -0.15) is 0 Å². The van der Waals surface area contributed by atoms with Gasteiger partial charge in [-0.3, -0.25) is 0 Å². The van der Waals surface area contributed by atoms with Gasteiger partial charge in [-0.15, -0.1) is 0 Å². The van der Waals surface area contributed by atoms with Crippen LogP contribution in [0.3, 0.4) is 0 Å². The van der Waals surface area contributed by atoms with Crippen LogP contribution in [0.1, 0.15) is 12.5 Å². The standard InChI is InChI=1S/C9H9Cl2NO/c1-2-13-12-6-7-8(10)4-3-5-9(7)11/h3-6H,2H2,1H3/b12-6+. The highest BCUT2D eigenvalue weighted by Crippen LogP contribution is 2.22. The maximum atomic E-state index is 5.88. The number of nitrogens with zero attached hydrogens (tertiary/aromatic N) is 1. The minimum absolute atomic E-state index is 0.526. The highest BCUT2D eigenvalue weighted by Gasteiger charge is 2.01. The topological polar surface area (TPSA) is 21.6 Å². The van der Waals surface area contributed by atoms with Gasteiger partial charge in [0.1, 0.15) is 6.61 Å². The summed E-state index contributed by atoms with van der Waals surface area (Å²) in [6.07, 6.45) is 1.51. The first-order valence-corrected chi connectivity index (χ1v) is 4.60. The second kappa shape index (κ2) is 5.10. The second-order valence-electron chi connectivity index (χ2n) is 2.29. The summed E-state index contributed by atoms with van der Waals surface area (Å²) < 4.78 is 0. The molecule has 0 spiro atoms. The van der Waals surface area contributed by atoms with Crippen molar-refractivity contribution in [3.05, 3.63) is 33.8 Å². The molecule has 0 amide bonds. The van der Waals surface area contributed by atoms with E-state index in [1.165, 1.54) is 6.21 Å². The minimum Gasteiger partial charge on any atom is -0.396 e. The number of benzene rings is 1. The Morgan fingerprint density at radius 2 is 2.00 bits per heavy atom. The lowest BCUT2D eigenvalue weighted by atomic mass is 10.2. The summed E-state index contributed by atoms with van der Waals surface area (Å²) in [5.41, 5.74) is 0.680. The van der Waals surface area contributed by atoms with E-state index in [4.69, 9.17) is 28.0 Å². The molecule has 0 aliphatic rings. The van der Waals surface area contributed by atoms with Crippen molar-refractivity contribution in [2.24, 2.45) is 5.16 Å². The summed E-state index contributed by atoms with van der Waals surface area (Å²) in [5, 5.41) is 4.82. The first-order valence-electron chi connectivity index (χ1n) is 3.85. The molecule has 1 rings (SSSR count). The molecule has 4 heteroatoms. The molecule has 0 radical (unpaired) electrons. The average Bonchev–Trinajstić information content (AvgIpc) is 2.10. The van der Waals surface area contributed by atoms with Crippen LogP contribution in [-0.4, -0.2) is 12.8 Å². The van der Waals surface area contributed by atoms with E-state index in [9.17, 15) is 0 Å². The fraction of sp³-hybridized carbons (Fsp3) is 0.222. The Morgan fingerprint density at radius 3 is 2.54 bits per heavy atom. The summed E-state index contributed by atoms with van der Waals surface area (Å²) >= 11 is 11.8. The molecule has 0 aliphatic heterocycles. The van der Waals surface area contributed by atoms with Gasteiger partial charge in [0.05, 0.1) is 16.3 Å². The van der Waals surface area contributed by atoms with Crippen molar-refractivity contribution < 1.29 is 4.84 Å². The molecule has 2 nitrogen and oxygen atoms in total. The zero-order valence-electron chi connectivity index (χ0n) is 7.13. The van der Waals surface area contributed by atoms with E-state index in [2.05, 4.69) is 5.16 Å². The Morgan fingerprint density at radius 1 is 1.38 bits per heavy atom. The largest absolute Gasteiger partial charge is 0.396 e. The molecule has 0 saturated heterocycles. The maximum Gasteiger partial charge on any atom is 0.114 e. The molecule has 0 atom stereocenters. The Hall–Kier alpha value is -0.730. The molecule has 0 aliphatic carbocycles. The Labute approximate surface area is 87.1 Å². The van der Waals surface area contributed by atoms with Gasteiger partial charge in [0, 0.05) is 5.56 Å². The van der Waals surface area contributed by atoms with Crippen LogP contribution in [-0.2, 0) is 4.84 Å². The highest BCUT2D eigenvalue weighted by molar-refractivity contribution is 6.38. The summed E-state index contributed by atoms with van der Waals surface area (Å²) in [4.78, 5) is 4.80. The molecule has 0 unspecified atom stereocenters. The van der Waals surface area contributed by atoms with Crippen LogP contribution in [0.4, 0.5) is 0 Å². The zero-order chi connectivity index (χ0) is 9.68. The van der Waals surface area contributed by atoms with Crippen molar-refractivity contribution in [2.45, 2.75) is 6.92 Å². The third-order valence-electron chi connectivity index (χ3n) is 1.39. The first kappa shape index (κ1) is 10.4. The van der Waals surface area contributed by atoms with E-state index < -0.39 is 0 Å². The van der Waals surface area contributed by atoms with E-state index in [0.717, 1.165) is 0 Å². The Kier molecular flexibility index (Phi) is 4.06. The summed E-state index contributed by atoms with van der Waals surface area (Å²) in [6.45, 7) is 2.38. The normalized spacial score (nSPS) is 10.7. The van der Waals surface area contributed by atoms with Crippen LogP contribution in [0.5, 0.6) is 0 Å². The highest BCUT2D eigenvalue weighted by atomic mass is 35.5. The second-order valence-corrected chi connectivity index (χ2v) is 3.10. The monoisotopic (exact) mass is 217 g/mol. The first-order chi connectivity index (χ1) is 6.25. The van der Waals surface area contributed by atoms with Crippen molar-refractivity contribution >= 4 is 29.4 Å². The fourth-order valence-electron chi connectivity index (χ4n) is 0.799. The molecule has 0 heterocycles. The van der Waals surface area contributed by atoms with Crippen molar-refractivity contribution in [2.75, 3.05) is 6.61 Å². The van der Waals surface area contributed by atoms with Gasteiger partial charge in [-0.25, -0.2) is 0 Å². The summed E-state index contributed by atoms with van der Waals surface area (Å²) in [7, 11) is 0. The van der Waals surface area contributed by atoms with Gasteiger partial charge in [0.2, 0.25) is 0 Å². The molecule has 1 aromatic carbocycles. The van der Waals surface area contributed by atoms with Crippen molar-refractivity contribution in [1.29, 1.82) is 0 Å². The quantitative estimate of drug-likeness (QED) is 0.563. The lowest BCUT2D eigenvalue weighted by Gasteiger charge is -1.99. The molecule has 70 valence electrons. The number of oxime groups is 1. The molecule has 0 aromatic heterocycles. The van der Waals surface area contributed by atoms with Crippen LogP contribution in [0.25, 0.3) is 0 Å². The molecular weight excluding hydrogens is 209 g/mol. The summed E-state index contributed by atoms with van der Waals surface area (Å²) in [6, 6.07) is 5.28. The third-order valence-corrected chi connectivity index (χ3v) is 2.04. The molecule has 0 fully saturated rings. The molecule has 0 bridgehead atoms. The number of rotatable bonds is 3. The maximum absolute atomic E-state index is 5.88. The summed E-state index contributed by atoms with van der Waals surface area (Å²) in [5.74, 6) is 0. The Bertz CT molecular complexity index is 292. The predicted molar refractivity (Wildman–Crippen MR) is 55.7 cm³/mol. The molecule has 1 aromatic rings. The smallest absolute Gasteiger partial charge is 0.114 e. The van der Waals surface area contributed by atoms with Crippen LogP contribution >= 0.6 is 23.2 Å². The minimum atomic E-state index is 0.526. The van der Waals surface area contributed by atoms with E-state index in [-0.39, 0.29) is 0 Å². The van der Waals surface area contributed by atoms with Crippen molar-refractivity contribution in [3.63, 3.8) is 0 Å². The van der Waals surface area contributed by atoms with E-state index in [1.807, 2.05) is 6.92 Å². The van der Waals surface area contributed by atoms with Crippen LogP contribution in [0, 0.1) is 0 Å². The van der Waals surface area contributed by atoms with Gasteiger partial charge in [0.25, 0.3) is 0 Å². The lowest BCUT2D eigenvalue weighted by Crippen LogP contribution is -1.87. The lowest BCUT2D eigenvalue weighted by molar-refractivity contribution is 0.160. The molecule has 0 N–H and O–H groups in total.